The van der Waals surface area contributed by atoms with Gasteiger partial charge < -0.3 is 29.7 Å². The summed E-state index contributed by atoms with van der Waals surface area (Å²) in [5.74, 6) is -3.13. The summed E-state index contributed by atoms with van der Waals surface area (Å²) in [6.07, 6.45) is 0. The average molecular weight is 816 g/mol. The molecule has 1 aliphatic heterocycles. The van der Waals surface area contributed by atoms with Crippen molar-refractivity contribution in [1.29, 1.82) is 0 Å². The Morgan fingerprint density at radius 3 is 1.97 bits per heavy atom. The van der Waals surface area contributed by atoms with Crippen LogP contribution in [0.1, 0.15) is 75.1 Å². The van der Waals surface area contributed by atoms with Gasteiger partial charge in [-0.1, -0.05) is 42.5 Å². The fraction of sp³-hybridized carbons (Fsp3) is 0.341. The topological polar surface area (TPSA) is 140 Å². The maximum absolute atomic E-state index is 13.8. The van der Waals surface area contributed by atoms with Crippen molar-refractivity contribution in [2.45, 2.75) is 76.1 Å². The van der Waals surface area contributed by atoms with E-state index in [9.17, 15) is 32.8 Å². The molecular formula is C44H47F2N3O8S. The SMILES string of the molecule is CC(C)(C)OC[C@H](NC(=O)[C@H](NC(=O)COc1ccc([C@@H]2[C@@H](SCC(=O)c3ccc(F)cc3)C(=O)N2c2ccc(F)cc2)cc1)c1ccccc1)C(=O)OC(C)(C)C. The normalized spacial score (nSPS) is 16.4. The van der Waals surface area contributed by atoms with E-state index >= 15 is 0 Å². The van der Waals surface area contributed by atoms with Crippen molar-refractivity contribution in [3.05, 3.63) is 131 Å². The number of hydrogen-bond acceptors (Lipinski definition) is 9. The Balaban J connectivity index is 1.27. The van der Waals surface area contributed by atoms with Crippen LogP contribution in [0.5, 0.6) is 5.75 Å². The number of carbonyl (C=O) groups is 5. The number of nitrogens with one attached hydrogen (secondary N) is 2. The van der Waals surface area contributed by atoms with E-state index in [-0.39, 0.29) is 24.1 Å². The number of Topliss-reactive ketones (excluding diaryl/α,β-unsaturated/α-hetero) is 1. The standard InChI is InChI=1S/C44H47F2N3O8S/c1-43(2,3)56-24-34(42(54)57-44(4,5)6)47-40(52)37(28-10-8-7-9-11-28)48-36(51)25-55-33-22-14-29(15-23-33)38-39(41(53)49(38)32-20-18-31(46)19-21-32)58-26-35(50)27-12-16-30(45)17-13-27/h7-23,34,37-39H,24-26H2,1-6H3,(H,47,52)(H,48,51)/t34-,37+,38+,39+/m0/s1. The minimum Gasteiger partial charge on any atom is -0.484 e. The van der Waals surface area contributed by atoms with Crippen LogP contribution in [-0.4, -0.2) is 70.9 Å². The number of halogens is 2. The molecule has 3 amide bonds. The molecule has 58 heavy (non-hydrogen) atoms. The highest BCUT2D eigenvalue weighted by Crippen LogP contribution is 2.45. The maximum atomic E-state index is 13.8. The fourth-order valence-electron chi connectivity index (χ4n) is 5.91. The molecule has 0 radical (unpaired) electrons. The second kappa shape index (κ2) is 18.8. The summed E-state index contributed by atoms with van der Waals surface area (Å²) in [5.41, 5.74) is 0.525. The highest BCUT2D eigenvalue weighted by atomic mass is 32.2. The molecule has 0 aliphatic carbocycles. The molecule has 4 aromatic rings. The lowest BCUT2D eigenvalue weighted by Gasteiger charge is -2.47. The second-order valence-electron chi connectivity index (χ2n) is 15.6. The van der Waals surface area contributed by atoms with E-state index in [1.807, 2.05) is 20.8 Å². The minimum absolute atomic E-state index is 0.0273. The van der Waals surface area contributed by atoms with Crippen molar-refractivity contribution in [2.24, 2.45) is 0 Å². The van der Waals surface area contributed by atoms with Crippen molar-refractivity contribution in [3.63, 3.8) is 0 Å². The second-order valence-corrected chi connectivity index (χ2v) is 16.7. The van der Waals surface area contributed by atoms with Gasteiger partial charge in [-0.15, -0.1) is 11.8 Å². The number of nitrogens with zero attached hydrogens (tertiary/aromatic N) is 1. The van der Waals surface area contributed by atoms with Crippen LogP contribution in [0.15, 0.2) is 103 Å². The summed E-state index contributed by atoms with van der Waals surface area (Å²) in [6, 6.07) is 23.1. The van der Waals surface area contributed by atoms with Gasteiger partial charge in [0.25, 0.3) is 5.91 Å². The first-order chi connectivity index (χ1) is 27.4. The highest BCUT2D eigenvalue weighted by Gasteiger charge is 2.49. The number of amides is 3. The number of ether oxygens (including phenoxy) is 3. The van der Waals surface area contributed by atoms with Gasteiger partial charge in [-0.2, -0.15) is 0 Å². The molecule has 1 fully saturated rings. The van der Waals surface area contributed by atoms with Crippen LogP contribution in [0.4, 0.5) is 14.5 Å². The van der Waals surface area contributed by atoms with Crippen LogP contribution < -0.4 is 20.3 Å². The first-order valence-electron chi connectivity index (χ1n) is 18.6. The first-order valence-corrected chi connectivity index (χ1v) is 19.7. The number of hydrogen-bond donors (Lipinski definition) is 2. The molecule has 0 bridgehead atoms. The van der Waals surface area contributed by atoms with E-state index < -0.39 is 70.6 Å². The molecule has 14 heteroatoms. The molecule has 1 saturated heterocycles. The summed E-state index contributed by atoms with van der Waals surface area (Å²) in [4.78, 5) is 68.0. The van der Waals surface area contributed by atoms with Crippen LogP contribution in [0.3, 0.4) is 0 Å². The van der Waals surface area contributed by atoms with Crippen molar-refractivity contribution in [2.75, 3.05) is 23.9 Å². The van der Waals surface area contributed by atoms with E-state index in [1.54, 1.807) is 75.4 Å². The number of anilines is 1. The Morgan fingerprint density at radius 1 is 0.776 bits per heavy atom. The van der Waals surface area contributed by atoms with Gasteiger partial charge in [0, 0.05) is 11.3 Å². The predicted octanol–water partition coefficient (Wildman–Crippen LogP) is 6.92. The molecule has 4 aromatic carbocycles. The van der Waals surface area contributed by atoms with Gasteiger partial charge in [0.2, 0.25) is 11.8 Å². The Morgan fingerprint density at radius 2 is 1.38 bits per heavy atom. The number of benzene rings is 4. The van der Waals surface area contributed by atoms with Gasteiger partial charge in [0.15, 0.2) is 18.4 Å². The summed E-state index contributed by atoms with van der Waals surface area (Å²) >= 11 is 1.16. The lowest BCUT2D eigenvalue weighted by molar-refractivity contribution is -0.162. The number of rotatable bonds is 16. The van der Waals surface area contributed by atoms with E-state index in [1.165, 1.54) is 53.4 Å². The summed E-state index contributed by atoms with van der Waals surface area (Å²) in [7, 11) is 0. The zero-order valence-corrected chi connectivity index (χ0v) is 33.9. The van der Waals surface area contributed by atoms with Gasteiger partial charge in [-0.05, 0) is 113 Å². The third kappa shape index (κ3) is 12.0. The Kier molecular flexibility index (Phi) is 14.1. The van der Waals surface area contributed by atoms with E-state index in [2.05, 4.69) is 10.6 Å². The minimum atomic E-state index is -1.20. The van der Waals surface area contributed by atoms with Crippen molar-refractivity contribution in [3.8, 4) is 5.75 Å². The largest absolute Gasteiger partial charge is 0.484 e. The van der Waals surface area contributed by atoms with Gasteiger partial charge in [0.05, 0.1) is 24.0 Å². The highest BCUT2D eigenvalue weighted by molar-refractivity contribution is 8.01. The van der Waals surface area contributed by atoms with Gasteiger partial charge in [-0.25, -0.2) is 13.6 Å². The van der Waals surface area contributed by atoms with Crippen LogP contribution in [0.25, 0.3) is 0 Å². The van der Waals surface area contributed by atoms with Crippen molar-refractivity contribution >= 4 is 46.9 Å². The fourth-order valence-corrected chi connectivity index (χ4v) is 7.13. The van der Waals surface area contributed by atoms with E-state index in [0.29, 0.717) is 28.1 Å². The summed E-state index contributed by atoms with van der Waals surface area (Å²) < 4.78 is 44.3. The monoisotopic (exact) mass is 815 g/mol. The Bertz CT molecular complexity index is 2070. The van der Waals surface area contributed by atoms with Crippen molar-refractivity contribution in [1.82, 2.24) is 10.6 Å². The molecule has 306 valence electrons. The molecule has 0 unspecified atom stereocenters. The number of β-lactam (4-membered cyclic amide) rings is 1. The summed E-state index contributed by atoms with van der Waals surface area (Å²) in [5, 5.41) is 4.75. The molecular weight excluding hydrogens is 769 g/mol. The molecule has 5 rings (SSSR count). The van der Waals surface area contributed by atoms with E-state index in [4.69, 9.17) is 14.2 Å². The average Bonchev–Trinajstić information content (AvgIpc) is 3.17. The van der Waals surface area contributed by atoms with Crippen LogP contribution in [-0.2, 0) is 28.7 Å². The van der Waals surface area contributed by atoms with Crippen LogP contribution >= 0.6 is 11.8 Å². The number of esters is 1. The molecule has 2 N–H and O–H groups in total. The lowest BCUT2D eigenvalue weighted by Crippen LogP contribution is -2.57. The van der Waals surface area contributed by atoms with Gasteiger partial charge >= 0.3 is 5.97 Å². The molecule has 0 saturated carbocycles. The van der Waals surface area contributed by atoms with Gasteiger partial charge in [0.1, 0.15) is 34.3 Å². The zero-order valence-electron chi connectivity index (χ0n) is 33.1. The third-order valence-electron chi connectivity index (χ3n) is 8.69. The van der Waals surface area contributed by atoms with E-state index in [0.717, 1.165) is 11.8 Å². The lowest BCUT2D eigenvalue weighted by atomic mass is 9.92. The number of carbonyl (C=O) groups excluding carboxylic acids is 5. The first kappa shape index (κ1) is 43.5. The van der Waals surface area contributed by atoms with Crippen LogP contribution in [0, 0.1) is 11.6 Å². The molecule has 4 atom stereocenters. The van der Waals surface area contributed by atoms with Gasteiger partial charge in [-0.3, -0.25) is 19.2 Å². The predicted molar refractivity (Wildman–Crippen MR) is 216 cm³/mol. The molecule has 0 spiro atoms. The number of ketones is 1. The quantitative estimate of drug-likeness (QED) is 0.0702. The molecule has 0 aromatic heterocycles. The molecule has 11 nitrogen and oxygen atoms in total. The molecule has 1 heterocycles. The Hall–Kier alpha value is -5.60. The van der Waals surface area contributed by atoms with Crippen molar-refractivity contribution < 1.29 is 47.0 Å². The maximum Gasteiger partial charge on any atom is 0.331 e. The zero-order chi connectivity index (χ0) is 42.2. The summed E-state index contributed by atoms with van der Waals surface area (Å²) in [6.45, 7) is 9.96. The number of thioether (sulfide) groups is 1. The third-order valence-corrected chi connectivity index (χ3v) is 9.94. The molecule has 1 aliphatic rings. The smallest absolute Gasteiger partial charge is 0.331 e. The Labute approximate surface area is 340 Å². The van der Waals surface area contributed by atoms with Crippen LogP contribution in [0.2, 0.25) is 0 Å².